The Bertz CT molecular complexity index is 1050. The van der Waals surface area contributed by atoms with Crippen molar-refractivity contribution in [3.63, 3.8) is 0 Å². The summed E-state index contributed by atoms with van der Waals surface area (Å²) in [5.74, 6) is 0.0254. The second kappa shape index (κ2) is 13.8. The number of hydrogen-bond donors (Lipinski definition) is 2. The fourth-order valence-electron chi connectivity index (χ4n) is 2.51. The van der Waals surface area contributed by atoms with Crippen LogP contribution in [0.25, 0.3) is 0 Å². The number of carbonyl (C=O) groups excluding carboxylic acids is 2. The summed E-state index contributed by atoms with van der Waals surface area (Å²) < 4.78 is 9.94. The van der Waals surface area contributed by atoms with E-state index in [4.69, 9.17) is 9.47 Å². The summed E-state index contributed by atoms with van der Waals surface area (Å²) in [6, 6.07) is 5.52. The maximum atomic E-state index is 11.3. The second-order valence-corrected chi connectivity index (χ2v) is 6.61. The highest BCUT2D eigenvalue weighted by Crippen LogP contribution is 2.33. The molecule has 0 saturated heterocycles. The van der Waals surface area contributed by atoms with Crippen molar-refractivity contribution in [2.24, 2.45) is 10.2 Å². The lowest BCUT2D eigenvalue weighted by Gasteiger charge is -2.14. The van der Waals surface area contributed by atoms with Crippen molar-refractivity contribution < 1.29 is 24.0 Å². The summed E-state index contributed by atoms with van der Waals surface area (Å²) in [5, 5.41) is 25.3. The van der Waals surface area contributed by atoms with Gasteiger partial charge in [0.05, 0.1) is 23.7 Å². The number of nitrogens with zero attached hydrogens (tertiary/aromatic N) is 5. The van der Waals surface area contributed by atoms with Gasteiger partial charge in [0.1, 0.15) is 19.0 Å². The first-order chi connectivity index (χ1) is 16.9. The zero-order chi connectivity index (χ0) is 25.6. The highest BCUT2D eigenvalue weighted by molar-refractivity contribution is 5.81. The van der Waals surface area contributed by atoms with E-state index in [9.17, 15) is 19.7 Å². The number of nitrogens with one attached hydrogen (secondary N) is 2. The van der Waals surface area contributed by atoms with Crippen molar-refractivity contribution in [1.82, 2.24) is 9.97 Å². The number of benzene rings is 1. The second-order valence-electron chi connectivity index (χ2n) is 6.61. The van der Waals surface area contributed by atoms with Gasteiger partial charge in [0, 0.05) is 30.7 Å². The number of nitro benzene ring substituents is 1. The van der Waals surface area contributed by atoms with E-state index in [1.54, 1.807) is 0 Å². The SMILES string of the molecule is C=CC(=O)OCCNc1nc(CC)nc(NCCOC(=O)C=C)c1/N=N/c1ccc([N+](=O)[O-])cc1. The van der Waals surface area contributed by atoms with E-state index in [-0.39, 0.29) is 37.7 Å². The van der Waals surface area contributed by atoms with Crippen LogP contribution in [0, 0.1) is 10.1 Å². The van der Waals surface area contributed by atoms with Gasteiger partial charge in [-0.25, -0.2) is 19.6 Å². The standard InChI is InChI=1S/C22H25N7O6/c1-4-17-25-21(23-11-13-34-18(30)5-2)20(22(26-17)24-12-14-35-19(31)6-3)28-27-15-7-9-16(10-8-15)29(32)33/h5-10H,2-4,11-14H2,1H3,(H2,23,24,25,26)/b28-27+. The molecule has 0 spiro atoms. The van der Waals surface area contributed by atoms with Gasteiger partial charge in [0.15, 0.2) is 17.3 Å². The zero-order valence-electron chi connectivity index (χ0n) is 19.1. The van der Waals surface area contributed by atoms with Gasteiger partial charge in [0.25, 0.3) is 5.69 Å². The molecule has 1 aromatic heterocycles. The molecule has 1 aromatic carbocycles. The van der Waals surface area contributed by atoms with Crippen LogP contribution in [0.5, 0.6) is 0 Å². The Balaban J connectivity index is 2.31. The van der Waals surface area contributed by atoms with Crippen molar-refractivity contribution in [1.29, 1.82) is 0 Å². The number of esters is 2. The zero-order valence-corrected chi connectivity index (χ0v) is 19.1. The van der Waals surface area contributed by atoms with Gasteiger partial charge in [0.2, 0.25) is 0 Å². The minimum Gasteiger partial charge on any atom is -0.461 e. The lowest BCUT2D eigenvalue weighted by molar-refractivity contribution is -0.384. The number of azo groups is 1. The largest absolute Gasteiger partial charge is 0.461 e. The topological polar surface area (TPSA) is 170 Å². The van der Waals surface area contributed by atoms with Gasteiger partial charge < -0.3 is 20.1 Å². The first-order valence-electron chi connectivity index (χ1n) is 10.5. The number of hydrogen-bond acceptors (Lipinski definition) is 12. The molecule has 0 radical (unpaired) electrons. The molecule has 0 aliphatic heterocycles. The Morgan fingerprint density at radius 2 is 1.51 bits per heavy atom. The number of nitro groups is 1. The van der Waals surface area contributed by atoms with E-state index in [1.807, 2.05) is 6.92 Å². The van der Waals surface area contributed by atoms with E-state index in [1.165, 1.54) is 24.3 Å². The van der Waals surface area contributed by atoms with Crippen molar-refractivity contribution in [3.8, 4) is 0 Å². The van der Waals surface area contributed by atoms with Crippen LogP contribution in [-0.2, 0) is 25.5 Å². The molecule has 0 saturated carbocycles. The van der Waals surface area contributed by atoms with E-state index >= 15 is 0 Å². The molecule has 0 aliphatic carbocycles. The fraction of sp³-hybridized carbons (Fsp3) is 0.273. The molecule has 0 aliphatic rings. The van der Waals surface area contributed by atoms with Crippen molar-refractivity contribution >= 4 is 40.6 Å². The molecule has 35 heavy (non-hydrogen) atoms. The Hall–Kier alpha value is -4.68. The summed E-state index contributed by atoms with van der Waals surface area (Å²) >= 11 is 0. The maximum Gasteiger partial charge on any atom is 0.330 e. The predicted molar refractivity (Wildman–Crippen MR) is 128 cm³/mol. The third-order valence-electron chi connectivity index (χ3n) is 4.18. The van der Waals surface area contributed by atoms with Gasteiger partial charge in [-0.1, -0.05) is 20.1 Å². The normalized spacial score (nSPS) is 10.4. The first-order valence-corrected chi connectivity index (χ1v) is 10.5. The van der Waals surface area contributed by atoms with Crippen LogP contribution in [0.1, 0.15) is 12.7 Å². The molecule has 0 fully saturated rings. The third kappa shape index (κ3) is 8.64. The smallest absolute Gasteiger partial charge is 0.330 e. The third-order valence-corrected chi connectivity index (χ3v) is 4.18. The monoisotopic (exact) mass is 483 g/mol. The Morgan fingerprint density at radius 3 is 1.94 bits per heavy atom. The van der Waals surface area contributed by atoms with Crippen LogP contribution in [-0.4, -0.2) is 53.1 Å². The van der Waals surface area contributed by atoms with Gasteiger partial charge >= 0.3 is 11.9 Å². The number of ether oxygens (including phenoxy) is 2. The van der Waals surface area contributed by atoms with Crippen LogP contribution in [0.15, 0.2) is 59.8 Å². The Kier molecular flexibility index (Phi) is 10.5. The minimum atomic E-state index is -0.557. The molecule has 0 unspecified atom stereocenters. The van der Waals surface area contributed by atoms with E-state index in [0.717, 1.165) is 12.2 Å². The lowest BCUT2D eigenvalue weighted by Crippen LogP contribution is -2.16. The molecule has 2 aromatic rings. The molecule has 1 heterocycles. The number of rotatable bonds is 14. The summed E-state index contributed by atoms with van der Waals surface area (Å²) in [5.41, 5.74) is 0.532. The summed E-state index contributed by atoms with van der Waals surface area (Å²) in [6.07, 6.45) is 2.63. The van der Waals surface area contributed by atoms with Crippen molar-refractivity contribution in [3.05, 3.63) is 65.5 Å². The molecule has 2 N–H and O–H groups in total. The fourth-order valence-corrected chi connectivity index (χ4v) is 2.51. The Morgan fingerprint density at radius 1 is 1.00 bits per heavy atom. The van der Waals surface area contributed by atoms with Crippen LogP contribution in [0.2, 0.25) is 0 Å². The molecule has 0 bridgehead atoms. The molecular weight excluding hydrogens is 458 g/mol. The van der Waals surface area contributed by atoms with E-state index in [2.05, 4.69) is 44.0 Å². The number of aryl methyl sites for hydroxylation is 1. The van der Waals surface area contributed by atoms with E-state index < -0.39 is 16.9 Å². The molecule has 184 valence electrons. The molecular formula is C22H25N7O6. The quantitative estimate of drug-likeness (QED) is 0.101. The summed E-state index contributed by atoms with van der Waals surface area (Å²) in [6.45, 7) is 9.09. The number of carbonyl (C=O) groups is 2. The first kappa shape index (κ1) is 26.6. The van der Waals surface area contributed by atoms with Crippen molar-refractivity contribution in [2.45, 2.75) is 13.3 Å². The lowest BCUT2D eigenvalue weighted by atomic mass is 10.3. The number of anilines is 2. The van der Waals surface area contributed by atoms with Gasteiger partial charge in [-0.2, -0.15) is 5.11 Å². The maximum absolute atomic E-state index is 11.3. The molecule has 2 rings (SSSR count). The average molecular weight is 483 g/mol. The van der Waals surface area contributed by atoms with Gasteiger partial charge in [-0.15, -0.1) is 5.11 Å². The average Bonchev–Trinajstić information content (AvgIpc) is 2.87. The summed E-state index contributed by atoms with van der Waals surface area (Å²) in [4.78, 5) is 41.8. The predicted octanol–water partition coefficient (Wildman–Crippen LogP) is 3.64. The molecule has 0 amide bonds. The molecule has 13 heteroatoms. The van der Waals surface area contributed by atoms with Crippen LogP contribution >= 0.6 is 0 Å². The van der Waals surface area contributed by atoms with Gasteiger partial charge in [-0.05, 0) is 12.1 Å². The molecule has 13 nitrogen and oxygen atoms in total. The number of aromatic nitrogens is 2. The minimum absolute atomic E-state index is 0.0511. The molecule has 0 atom stereocenters. The highest BCUT2D eigenvalue weighted by atomic mass is 16.6. The van der Waals surface area contributed by atoms with Crippen molar-refractivity contribution in [2.75, 3.05) is 36.9 Å². The Labute approximate surface area is 201 Å². The highest BCUT2D eigenvalue weighted by Gasteiger charge is 2.15. The van der Waals surface area contributed by atoms with Crippen LogP contribution < -0.4 is 10.6 Å². The van der Waals surface area contributed by atoms with Crippen LogP contribution in [0.4, 0.5) is 28.7 Å². The number of non-ortho nitro benzene ring substituents is 1. The summed E-state index contributed by atoms with van der Waals surface area (Å²) in [7, 11) is 0. The van der Waals surface area contributed by atoms with Gasteiger partial charge in [-0.3, -0.25) is 10.1 Å². The van der Waals surface area contributed by atoms with Crippen LogP contribution in [0.3, 0.4) is 0 Å². The van der Waals surface area contributed by atoms with E-state index in [0.29, 0.717) is 29.6 Å².